The van der Waals surface area contributed by atoms with Crippen LogP contribution in [0.25, 0.3) is 0 Å². The van der Waals surface area contributed by atoms with Gasteiger partial charge in [0.25, 0.3) is 0 Å². The van der Waals surface area contributed by atoms with Gasteiger partial charge in [-0.2, -0.15) is 0 Å². The largest absolute Gasteiger partial charge is 0.481 e. The standard InChI is InChI=1S/C12H17N5O4/c1-16-4-9(14-15-16)2-13-11(20)17-3-8-5-21-7-12(8,6-17)10(18)19/h4,8H,2-3,5-7H2,1H3,(H,13,20)(H,18,19)/t8-,12-/m1/s1. The molecule has 0 unspecified atom stereocenters. The van der Waals surface area contributed by atoms with Gasteiger partial charge in [0.15, 0.2) is 0 Å². The highest BCUT2D eigenvalue weighted by Gasteiger charge is 2.57. The number of aliphatic carboxylic acids is 1. The number of carbonyl (C=O) groups excluding carboxylic acids is 1. The Balaban J connectivity index is 1.61. The second kappa shape index (κ2) is 4.99. The van der Waals surface area contributed by atoms with Crippen LogP contribution in [-0.2, 0) is 23.1 Å². The van der Waals surface area contributed by atoms with Gasteiger partial charge < -0.3 is 20.1 Å². The van der Waals surface area contributed by atoms with Gasteiger partial charge in [0.1, 0.15) is 11.1 Å². The molecule has 0 radical (unpaired) electrons. The van der Waals surface area contributed by atoms with Crippen LogP contribution in [0.2, 0.25) is 0 Å². The number of fused-ring (bicyclic) bond motifs is 1. The molecule has 0 aliphatic carbocycles. The Labute approximate surface area is 120 Å². The van der Waals surface area contributed by atoms with Crippen LogP contribution in [0.15, 0.2) is 6.20 Å². The van der Waals surface area contributed by atoms with Crippen molar-refractivity contribution in [3.05, 3.63) is 11.9 Å². The summed E-state index contributed by atoms with van der Waals surface area (Å²) >= 11 is 0. The second-order valence-corrected chi connectivity index (χ2v) is 5.60. The van der Waals surface area contributed by atoms with E-state index in [4.69, 9.17) is 4.74 Å². The maximum atomic E-state index is 12.1. The summed E-state index contributed by atoms with van der Waals surface area (Å²) in [5.41, 5.74) is -0.300. The molecule has 2 fully saturated rings. The second-order valence-electron chi connectivity index (χ2n) is 5.60. The third-order valence-electron chi connectivity index (χ3n) is 4.16. The van der Waals surface area contributed by atoms with Crippen LogP contribution < -0.4 is 5.32 Å². The van der Waals surface area contributed by atoms with Crippen LogP contribution in [0.4, 0.5) is 4.79 Å². The lowest BCUT2D eigenvalue weighted by Crippen LogP contribution is -2.42. The summed E-state index contributed by atoms with van der Waals surface area (Å²) < 4.78 is 6.83. The fourth-order valence-corrected chi connectivity index (χ4v) is 2.95. The number of carbonyl (C=O) groups is 2. The van der Waals surface area contributed by atoms with Crippen LogP contribution in [0.1, 0.15) is 5.69 Å². The predicted molar refractivity (Wildman–Crippen MR) is 69.2 cm³/mol. The van der Waals surface area contributed by atoms with Crippen molar-refractivity contribution in [3.8, 4) is 0 Å². The van der Waals surface area contributed by atoms with Gasteiger partial charge >= 0.3 is 12.0 Å². The number of carboxylic acid groups (broad SMARTS) is 1. The summed E-state index contributed by atoms with van der Waals surface area (Å²) in [6, 6.07) is -0.282. The maximum absolute atomic E-state index is 12.1. The van der Waals surface area contributed by atoms with Crippen molar-refractivity contribution in [1.29, 1.82) is 0 Å². The molecule has 2 atom stereocenters. The van der Waals surface area contributed by atoms with Gasteiger partial charge in [-0.25, -0.2) is 4.79 Å². The van der Waals surface area contributed by atoms with Crippen molar-refractivity contribution in [2.24, 2.45) is 18.4 Å². The normalized spacial score (nSPS) is 27.7. The van der Waals surface area contributed by atoms with Gasteiger partial charge in [0.05, 0.1) is 19.8 Å². The van der Waals surface area contributed by atoms with Crippen LogP contribution in [0.3, 0.4) is 0 Å². The van der Waals surface area contributed by atoms with E-state index in [0.29, 0.717) is 18.8 Å². The molecule has 2 N–H and O–H groups in total. The van der Waals surface area contributed by atoms with Crippen molar-refractivity contribution in [1.82, 2.24) is 25.2 Å². The first-order valence-electron chi connectivity index (χ1n) is 6.70. The van der Waals surface area contributed by atoms with Crippen molar-refractivity contribution in [3.63, 3.8) is 0 Å². The first-order chi connectivity index (χ1) is 10.0. The van der Waals surface area contributed by atoms with E-state index in [9.17, 15) is 14.7 Å². The van der Waals surface area contributed by atoms with Crippen molar-refractivity contribution < 1.29 is 19.4 Å². The monoisotopic (exact) mass is 295 g/mol. The van der Waals surface area contributed by atoms with E-state index in [1.807, 2.05) is 0 Å². The molecule has 114 valence electrons. The van der Waals surface area contributed by atoms with Gasteiger partial charge in [-0.05, 0) is 0 Å². The first-order valence-corrected chi connectivity index (χ1v) is 6.70. The minimum absolute atomic E-state index is 0.141. The predicted octanol–water partition coefficient (Wildman–Crippen LogP) is -0.942. The fraction of sp³-hybridized carbons (Fsp3) is 0.667. The molecule has 0 spiro atoms. The Morgan fingerprint density at radius 1 is 1.62 bits per heavy atom. The SMILES string of the molecule is Cn1cc(CNC(=O)N2C[C@@H]3COC[C@]3(C(=O)O)C2)nn1. The topological polar surface area (TPSA) is 110 Å². The smallest absolute Gasteiger partial charge is 0.317 e. The highest BCUT2D eigenvalue weighted by molar-refractivity contribution is 5.80. The first kappa shape index (κ1) is 13.8. The molecular weight excluding hydrogens is 278 g/mol. The molecule has 21 heavy (non-hydrogen) atoms. The highest BCUT2D eigenvalue weighted by atomic mass is 16.5. The molecule has 2 amide bonds. The number of carboxylic acids is 1. The number of ether oxygens (including phenoxy) is 1. The molecule has 2 saturated heterocycles. The zero-order chi connectivity index (χ0) is 15.0. The Morgan fingerprint density at radius 2 is 2.43 bits per heavy atom. The highest BCUT2D eigenvalue weighted by Crippen LogP contribution is 2.41. The number of nitrogens with zero attached hydrogens (tertiary/aromatic N) is 4. The number of urea groups is 1. The molecular formula is C12H17N5O4. The Bertz CT molecular complexity index is 574. The average Bonchev–Trinajstić information content (AvgIpc) is 3.09. The van der Waals surface area contributed by atoms with Crippen molar-refractivity contribution in [2.75, 3.05) is 26.3 Å². The van der Waals surface area contributed by atoms with Gasteiger partial charge in [0, 0.05) is 32.3 Å². The van der Waals surface area contributed by atoms with Crippen LogP contribution in [0, 0.1) is 11.3 Å². The van der Waals surface area contributed by atoms with Gasteiger partial charge in [-0.3, -0.25) is 9.48 Å². The number of likely N-dealkylation sites (tertiary alicyclic amines) is 1. The number of aromatic nitrogens is 3. The van der Waals surface area contributed by atoms with Crippen molar-refractivity contribution in [2.45, 2.75) is 6.54 Å². The quantitative estimate of drug-likeness (QED) is 0.744. The molecule has 2 aliphatic heterocycles. The lowest BCUT2D eigenvalue weighted by Gasteiger charge is -2.22. The summed E-state index contributed by atoms with van der Waals surface area (Å²) in [6.45, 7) is 1.41. The van der Waals surface area contributed by atoms with Crippen LogP contribution in [-0.4, -0.2) is 63.3 Å². The summed E-state index contributed by atoms with van der Waals surface area (Å²) in [4.78, 5) is 25.2. The zero-order valence-electron chi connectivity index (χ0n) is 11.7. The minimum atomic E-state index is -0.954. The van der Waals surface area contributed by atoms with Gasteiger partial charge in [-0.15, -0.1) is 5.10 Å². The summed E-state index contributed by atoms with van der Waals surface area (Å²) in [7, 11) is 1.75. The van der Waals surface area contributed by atoms with E-state index in [1.165, 1.54) is 4.90 Å². The lowest BCUT2D eigenvalue weighted by molar-refractivity contribution is -0.149. The lowest BCUT2D eigenvalue weighted by atomic mass is 9.81. The third-order valence-corrected chi connectivity index (χ3v) is 4.16. The Hall–Kier alpha value is -2.16. The number of aryl methyl sites for hydroxylation is 1. The number of amides is 2. The van der Waals surface area contributed by atoms with E-state index in [-0.39, 0.29) is 31.6 Å². The summed E-state index contributed by atoms with van der Waals surface area (Å²) in [5, 5.41) is 19.8. The van der Waals surface area contributed by atoms with Gasteiger partial charge in [0.2, 0.25) is 0 Å². The Kier molecular flexibility index (Phi) is 3.28. The number of hydrogen-bond donors (Lipinski definition) is 2. The molecule has 2 aliphatic rings. The number of hydrogen-bond acceptors (Lipinski definition) is 5. The zero-order valence-corrected chi connectivity index (χ0v) is 11.7. The molecule has 0 saturated carbocycles. The van der Waals surface area contributed by atoms with E-state index in [1.54, 1.807) is 17.9 Å². The summed E-state index contributed by atoms with van der Waals surface area (Å²) in [6.07, 6.45) is 1.71. The molecule has 0 bridgehead atoms. The summed E-state index contributed by atoms with van der Waals surface area (Å²) in [5.74, 6) is -1.04. The van der Waals surface area contributed by atoms with E-state index >= 15 is 0 Å². The molecule has 1 aromatic heterocycles. The van der Waals surface area contributed by atoms with Crippen LogP contribution in [0.5, 0.6) is 0 Å². The van der Waals surface area contributed by atoms with Crippen LogP contribution >= 0.6 is 0 Å². The molecule has 1 aromatic rings. The van der Waals surface area contributed by atoms with E-state index in [0.717, 1.165) is 0 Å². The number of rotatable bonds is 3. The molecule has 9 nitrogen and oxygen atoms in total. The molecule has 0 aromatic carbocycles. The molecule has 3 rings (SSSR count). The molecule has 3 heterocycles. The van der Waals surface area contributed by atoms with Crippen molar-refractivity contribution >= 4 is 12.0 Å². The Morgan fingerprint density at radius 3 is 3.05 bits per heavy atom. The minimum Gasteiger partial charge on any atom is -0.481 e. The van der Waals surface area contributed by atoms with E-state index in [2.05, 4.69) is 15.6 Å². The van der Waals surface area contributed by atoms with Gasteiger partial charge in [-0.1, -0.05) is 5.21 Å². The third kappa shape index (κ3) is 2.33. The molecule has 9 heteroatoms. The fourth-order valence-electron chi connectivity index (χ4n) is 2.95. The number of nitrogens with one attached hydrogen (secondary N) is 1. The van der Waals surface area contributed by atoms with E-state index < -0.39 is 11.4 Å². The average molecular weight is 295 g/mol. The maximum Gasteiger partial charge on any atom is 0.317 e.